The maximum absolute atomic E-state index is 7.18. The number of rotatable bonds is 5. The minimum atomic E-state index is -1.61. The molecule has 0 N–H and O–H groups in total. The van der Waals surface area contributed by atoms with Crippen molar-refractivity contribution in [1.29, 1.82) is 0 Å². The lowest BCUT2D eigenvalue weighted by molar-refractivity contribution is 0.577. The summed E-state index contributed by atoms with van der Waals surface area (Å²) >= 11 is 0. The maximum atomic E-state index is 7.18. The molecule has 226 valence electrons. The van der Waals surface area contributed by atoms with Crippen LogP contribution in [0.1, 0.15) is 42.1 Å². The summed E-state index contributed by atoms with van der Waals surface area (Å²) in [6, 6.07) is 48.0. The van der Waals surface area contributed by atoms with Crippen LogP contribution < -0.4 is 4.67 Å². The fraction of sp³-hybridized carbons (Fsp3) is 0.143. The van der Waals surface area contributed by atoms with Gasteiger partial charge in [0, 0.05) is 16.8 Å². The molecule has 0 aliphatic carbocycles. The Morgan fingerprint density at radius 1 is 0.522 bits per heavy atom. The van der Waals surface area contributed by atoms with Crippen LogP contribution in [0.5, 0.6) is 0 Å². The summed E-state index contributed by atoms with van der Waals surface area (Å²) in [6.07, 6.45) is 0. The SMILES string of the molecule is Cc1cc(C)cc([C@H](c2cccc3ccccc23)N(C(C)C)p2oc3ccc4ccccc4c3c3c(ccc4ccccc43)o2)c1. The molecule has 3 nitrogen and oxygen atoms in total. The lowest BCUT2D eigenvalue weighted by atomic mass is 9.91. The molecule has 8 aromatic rings. The van der Waals surface area contributed by atoms with Crippen LogP contribution in [0.2, 0.25) is 0 Å². The van der Waals surface area contributed by atoms with E-state index in [-0.39, 0.29) is 12.1 Å². The van der Waals surface area contributed by atoms with Gasteiger partial charge in [-0.25, -0.2) is 0 Å². The molecule has 0 unspecified atom stereocenters. The molecule has 0 spiro atoms. The second kappa shape index (κ2) is 11.5. The van der Waals surface area contributed by atoms with Crippen LogP contribution in [0.25, 0.3) is 54.3 Å². The van der Waals surface area contributed by atoms with Gasteiger partial charge in [0.15, 0.2) is 0 Å². The average molecular weight is 618 g/mol. The number of benzene rings is 7. The molecule has 46 heavy (non-hydrogen) atoms. The predicted molar refractivity (Wildman–Crippen MR) is 196 cm³/mol. The number of nitrogens with zero attached hydrogens (tertiary/aromatic N) is 1. The highest BCUT2D eigenvalue weighted by Crippen LogP contribution is 2.48. The van der Waals surface area contributed by atoms with E-state index in [4.69, 9.17) is 8.39 Å². The molecule has 1 atom stereocenters. The van der Waals surface area contributed by atoms with Gasteiger partial charge >= 0.3 is 8.16 Å². The van der Waals surface area contributed by atoms with Crippen molar-refractivity contribution in [2.45, 2.75) is 39.8 Å². The Balaban J connectivity index is 1.51. The van der Waals surface area contributed by atoms with Crippen molar-refractivity contribution in [3.05, 3.63) is 156 Å². The Morgan fingerprint density at radius 3 is 1.54 bits per heavy atom. The van der Waals surface area contributed by atoms with Gasteiger partial charge in [-0.05, 0) is 83.3 Å². The lowest BCUT2D eigenvalue weighted by Gasteiger charge is -2.33. The van der Waals surface area contributed by atoms with Gasteiger partial charge in [0.1, 0.15) is 11.2 Å². The molecule has 0 fully saturated rings. The lowest BCUT2D eigenvalue weighted by Crippen LogP contribution is -2.33. The molecule has 1 heterocycles. The summed E-state index contributed by atoms with van der Waals surface area (Å²) in [5.74, 6) is 0. The number of hydrogen-bond acceptors (Lipinski definition) is 3. The highest BCUT2D eigenvalue weighted by Gasteiger charge is 2.32. The third-order valence-corrected chi connectivity index (χ3v) is 10.8. The zero-order valence-corrected chi connectivity index (χ0v) is 27.5. The van der Waals surface area contributed by atoms with Gasteiger partial charge in [-0.1, -0.05) is 132 Å². The Labute approximate surface area is 270 Å². The van der Waals surface area contributed by atoms with E-state index in [1.807, 2.05) is 0 Å². The van der Waals surface area contributed by atoms with E-state index in [0.29, 0.717) is 0 Å². The third-order valence-electron chi connectivity index (χ3n) is 9.04. The van der Waals surface area contributed by atoms with Crippen LogP contribution in [0.3, 0.4) is 0 Å². The molecule has 1 aromatic heterocycles. The normalized spacial score (nSPS) is 12.7. The standard InChI is InChI=1S/C42H36NO2P/c1-27(2)43(42(33-25-28(3)24-29(4)26-33)37-19-11-15-30-12-5-8-16-34(30)37)46-44-38-22-20-31-13-6-9-17-35(31)40(38)41-36-18-10-7-14-32(36)21-23-39(41)45-46/h5-27,42H,1-4H3/t42-/m1/s1. The summed E-state index contributed by atoms with van der Waals surface area (Å²) in [4.78, 5) is 0. The third kappa shape index (κ3) is 4.88. The molecule has 0 saturated heterocycles. The van der Waals surface area contributed by atoms with Crippen molar-refractivity contribution < 1.29 is 8.39 Å². The zero-order chi connectivity index (χ0) is 31.4. The average Bonchev–Trinajstić information content (AvgIpc) is 3.23. The summed E-state index contributed by atoms with van der Waals surface area (Å²) in [7, 11) is -1.61. The van der Waals surface area contributed by atoms with E-state index in [9.17, 15) is 0 Å². The summed E-state index contributed by atoms with van der Waals surface area (Å²) in [6.45, 7) is 8.87. The van der Waals surface area contributed by atoms with E-state index in [1.165, 1.54) is 43.8 Å². The fourth-order valence-electron chi connectivity index (χ4n) is 7.16. The molecule has 0 saturated carbocycles. The largest absolute Gasteiger partial charge is 0.408 e. The van der Waals surface area contributed by atoms with Crippen molar-refractivity contribution in [2.24, 2.45) is 0 Å². The van der Waals surface area contributed by atoms with Gasteiger partial charge < -0.3 is 8.39 Å². The van der Waals surface area contributed by atoms with E-state index < -0.39 is 8.16 Å². The summed E-state index contributed by atoms with van der Waals surface area (Å²) in [5, 5.41) is 9.32. The second-order valence-electron chi connectivity index (χ2n) is 12.6. The van der Waals surface area contributed by atoms with Crippen molar-refractivity contribution in [3.63, 3.8) is 0 Å². The van der Waals surface area contributed by atoms with Gasteiger partial charge in [0.2, 0.25) is 0 Å². The van der Waals surface area contributed by atoms with Crippen molar-refractivity contribution in [2.75, 3.05) is 4.67 Å². The van der Waals surface area contributed by atoms with Crippen molar-refractivity contribution >= 4 is 62.4 Å². The summed E-state index contributed by atoms with van der Waals surface area (Å²) < 4.78 is 16.8. The van der Waals surface area contributed by atoms with E-state index in [1.54, 1.807) is 0 Å². The molecule has 4 heteroatoms. The van der Waals surface area contributed by atoms with Gasteiger partial charge in [0.05, 0.1) is 6.04 Å². The first kappa shape index (κ1) is 28.6. The van der Waals surface area contributed by atoms with Crippen LogP contribution in [-0.4, -0.2) is 6.04 Å². The van der Waals surface area contributed by atoms with Crippen LogP contribution in [0.15, 0.2) is 142 Å². The first-order valence-corrected chi connectivity index (χ1v) is 17.1. The zero-order valence-electron chi connectivity index (χ0n) is 26.6. The fourth-order valence-corrected chi connectivity index (χ4v) is 8.85. The number of aryl methyl sites for hydroxylation is 2. The Bertz CT molecular complexity index is 2340. The monoisotopic (exact) mass is 617 g/mol. The predicted octanol–water partition coefficient (Wildman–Crippen LogP) is 12.5. The van der Waals surface area contributed by atoms with Crippen molar-refractivity contribution in [1.82, 2.24) is 0 Å². The first-order chi connectivity index (χ1) is 22.5. The first-order valence-electron chi connectivity index (χ1n) is 16.0. The van der Waals surface area contributed by atoms with Gasteiger partial charge in [-0.2, -0.15) is 4.67 Å². The van der Waals surface area contributed by atoms with Crippen LogP contribution in [-0.2, 0) is 0 Å². The number of hydrogen-bond donors (Lipinski definition) is 0. The maximum Gasteiger partial charge on any atom is 0.310 e. The number of fused-ring (bicyclic) bond motifs is 8. The molecule has 0 aliphatic heterocycles. The topological polar surface area (TPSA) is 29.5 Å². The molecule has 0 aliphatic rings. The van der Waals surface area contributed by atoms with Crippen LogP contribution >= 0.6 is 8.16 Å². The Morgan fingerprint density at radius 2 is 1.00 bits per heavy atom. The molecule has 0 bridgehead atoms. The molecule has 0 radical (unpaired) electrons. The smallest absolute Gasteiger partial charge is 0.310 e. The van der Waals surface area contributed by atoms with E-state index in [2.05, 4.69) is 166 Å². The van der Waals surface area contributed by atoms with Crippen LogP contribution in [0.4, 0.5) is 0 Å². The Hall–Kier alpha value is -4.82. The van der Waals surface area contributed by atoms with Gasteiger partial charge in [-0.15, -0.1) is 0 Å². The molecule has 8 rings (SSSR count). The van der Waals surface area contributed by atoms with Gasteiger partial charge in [0.25, 0.3) is 0 Å². The quantitative estimate of drug-likeness (QED) is 0.192. The molecular weight excluding hydrogens is 581 g/mol. The minimum Gasteiger partial charge on any atom is -0.408 e. The second-order valence-corrected chi connectivity index (χ2v) is 13.9. The van der Waals surface area contributed by atoms with E-state index >= 15 is 0 Å². The summed E-state index contributed by atoms with van der Waals surface area (Å²) in [5.41, 5.74) is 6.67. The highest BCUT2D eigenvalue weighted by molar-refractivity contribution is 7.39. The van der Waals surface area contributed by atoms with E-state index in [0.717, 1.165) is 32.7 Å². The van der Waals surface area contributed by atoms with Gasteiger partial charge in [-0.3, -0.25) is 0 Å². The van der Waals surface area contributed by atoms with Crippen molar-refractivity contribution in [3.8, 4) is 0 Å². The molecular formula is C42H36NO2P. The molecule has 0 amide bonds. The Kier molecular flexibility index (Phi) is 7.17. The minimum absolute atomic E-state index is 0.0989. The van der Waals surface area contributed by atoms with Crippen LogP contribution in [0, 0.1) is 13.8 Å². The molecule has 7 aromatic carbocycles. The highest BCUT2D eigenvalue weighted by atomic mass is 31.1.